The van der Waals surface area contributed by atoms with Gasteiger partial charge in [-0.25, -0.2) is 4.98 Å². The lowest BCUT2D eigenvalue weighted by Gasteiger charge is -2.22. The molecule has 0 spiro atoms. The second kappa shape index (κ2) is 5.80. The van der Waals surface area contributed by atoms with Crippen molar-refractivity contribution in [1.82, 2.24) is 10.3 Å². The lowest BCUT2D eigenvalue weighted by molar-refractivity contribution is 0.626. The van der Waals surface area contributed by atoms with E-state index in [1.165, 1.54) is 17.3 Å². The first-order valence-electron chi connectivity index (χ1n) is 6.53. The van der Waals surface area contributed by atoms with Gasteiger partial charge in [0.05, 0.1) is 5.69 Å². The molecule has 18 heavy (non-hydrogen) atoms. The average Bonchev–Trinajstić information content (AvgIpc) is 2.74. The van der Waals surface area contributed by atoms with Gasteiger partial charge < -0.3 is 10.2 Å². The van der Waals surface area contributed by atoms with E-state index in [2.05, 4.69) is 48.1 Å². The zero-order chi connectivity index (χ0) is 13.2. The van der Waals surface area contributed by atoms with E-state index in [4.69, 9.17) is 4.98 Å². The molecule has 1 aromatic rings. The minimum Gasteiger partial charge on any atom is -0.347 e. The van der Waals surface area contributed by atoms with Gasteiger partial charge in [-0.2, -0.15) is 11.8 Å². The van der Waals surface area contributed by atoms with Gasteiger partial charge >= 0.3 is 0 Å². The van der Waals surface area contributed by atoms with Crippen LogP contribution < -0.4 is 10.2 Å². The van der Waals surface area contributed by atoms with Crippen LogP contribution in [-0.2, 0) is 0 Å². The van der Waals surface area contributed by atoms with E-state index in [1.54, 1.807) is 11.3 Å². The van der Waals surface area contributed by atoms with Crippen molar-refractivity contribution < 1.29 is 0 Å². The van der Waals surface area contributed by atoms with E-state index < -0.39 is 0 Å². The minimum atomic E-state index is 0.341. The van der Waals surface area contributed by atoms with Gasteiger partial charge in [0.2, 0.25) is 0 Å². The van der Waals surface area contributed by atoms with Crippen LogP contribution in [0.3, 0.4) is 0 Å². The lowest BCUT2D eigenvalue weighted by Crippen LogP contribution is -2.27. The van der Waals surface area contributed by atoms with Crippen LogP contribution in [0.4, 0.5) is 5.13 Å². The molecular weight excluding hydrogens is 262 g/mol. The highest BCUT2D eigenvalue weighted by Crippen LogP contribution is 2.33. The Bertz CT molecular complexity index is 389. The number of hydrogen-bond donors (Lipinski definition) is 1. The van der Waals surface area contributed by atoms with Crippen LogP contribution >= 0.6 is 23.1 Å². The highest BCUT2D eigenvalue weighted by Gasteiger charge is 2.25. The van der Waals surface area contributed by atoms with Gasteiger partial charge in [-0.05, 0) is 20.4 Å². The Morgan fingerprint density at radius 1 is 1.44 bits per heavy atom. The second-order valence-corrected chi connectivity index (χ2v) is 8.05. The summed E-state index contributed by atoms with van der Waals surface area (Å²) in [5.41, 5.74) is 1.16. The molecule has 3 nitrogen and oxygen atoms in total. The number of thioether (sulfide) groups is 1. The van der Waals surface area contributed by atoms with E-state index in [0.717, 1.165) is 18.8 Å². The number of thiazole rings is 1. The topological polar surface area (TPSA) is 28.2 Å². The third-order valence-corrected chi connectivity index (χ3v) is 5.79. The van der Waals surface area contributed by atoms with Crippen molar-refractivity contribution in [3.05, 3.63) is 11.1 Å². The van der Waals surface area contributed by atoms with Crippen molar-refractivity contribution >= 4 is 28.2 Å². The maximum Gasteiger partial charge on any atom is 0.185 e. The standard InChI is InChI=1S/C13H23N3S2/c1-10(14-4)11-9-17-12(15-11)16-6-5-13(2,3)18-8-7-16/h9-10,14H,5-8H2,1-4H3. The summed E-state index contributed by atoms with van der Waals surface area (Å²) in [5.74, 6) is 1.20. The third-order valence-electron chi connectivity index (χ3n) is 3.49. The molecule has 0 aliphatic carbocycles. The number of anilines is 1. The number of aromatic nitrogens is 1. The fraction of sp³-hybridized carbons (Fsp3) is 0.769. The summed E-state index contributed by atoms with van der Waals surface area (Å²) in [6.45, 7) is 9.09. The largest absolute Gasteiger partial charge is 0.347 e. The summed E-state index contributed by atoms with van der Waals surface area (Å²) in [4.78, 5) is 7.21. The lowest BCUT2D eigenvalue weighted by atomic mass is 10.1. The number of rotatable bonds is 3. The van der Waals surface area contributed by atoms with E-state index in [1.807, 2.05) is 7.05 Å². The molecule has 1 aromatic heterocycles. The maximum absolute atomic E-state index is 4.77. The zero-order valence-corrected chi connectivity index (χ0v) is 13.3. The molecule has 1 aliphatic rings. The summed E-state index contributed by atoms with van der Waals surface area (Å²) in [6.07, 6.45) is 1.23. The quantitative estimate of drug-likeness (QED) is 0.923. The van der Waals surface area contributed by atoms with E-state index in [0.29, 0.717) is 10.8 Å². The molecule has 1 atom stereocenters. The zero-order valence-electron chi connectivity index (χ0n) is 11.7. The number of nitrogens with zero attached hydrogens (tertiary/aromatic N) is 2. The van der Waals surface area contributed by atoms with E-state index in [-0.39, 0.29) is 0 Å². The fourth-order valence-electron chi connectivity index (χ4n) is 1.98. The molecule has 0 bridgehead atoms. The van der Waals surface area contributed by atoms with Crippen molar-refractivity contribution in [2.45, 2.75) is 38.0 Å². The molecule has 1 aliphatic heterocycles. The van der Waals surface area contributed by atoms with Gasteiger partial charge in [0.1, 0.15) is 0 Å². The van der Waals surface area contributed by atoms with Crippen LogP contribution in [-0.4, -0.2) is 35.6 Å². The normalized spacial score (nSPS) is 21.7. The van der Waals surface area contributed by atoms with Crippen molar-refractivity contribution in [3.8, 4) is 0 Å². The van der Waals surface area contributed by atoms with Crippen LogP contribution in [0.5, 0.6) is 0 Å². The Balaban J connectivity index is 2.05. The molecule has 1 N–H and O–H groups in total. The molecule has 0 radical (unpaired) electrons. The second-order valence-electron chi connectivity index (χ2n) is 5.41. The SMILES string of the molecule is CNC(C)c1csc(N2CCSC(C)(C)CC2)n1. The van der Waals surface area contributed by atoms with Gasteiger partial charge in [-0.1, -0.05) is 13.8 Å². The monoisotopic (exact) mass is 285 g/mol. The Hall–Kier alpha value is -0.260. The smallest absolute Gasteiger partial charge is 0.185 e. The van der Waals surface area contributed by atoms with Crippen LogP contribution in [0.25, 0.3) is 0 Å². The van der Waals surface area contributed by atoms with Crippen LogP contribution in [0.2, 0.25) is 0 Å². The van der Waals surface area contributed by atoms with E-state index in [9.17, 15) is 0 Å². The highest BCUT2D eigenvalue weighted by molar-refractivity contribution is 8.00. The molecule has 2 rings (SSSR count). The van der Waals surface area contributed by atoms with Crippen LogP contribution in [0.1, 0.15) is 38.9 Å². The number of nitrogens with one attached hydrogen (secondary N) is 1. The van der Waals surface area contributed by atoms with Crippen molar-refractivity contribution in [2.75, 3.05) is 30.8 Å². The first kappa shape index (κ1) is 14.2. The highest BCUT2D eigenvalue weighted by atomic mass is 32.2. The molecule has 0 amide bonds. The average molecular weight is 285 g/mol. The minimum absolute atomic E-state index is 0.341. The molecule has 1 unspecified atom stereocenters. The molecule has 5 heteroatoms. The van der Waals surface area contributed by atoms with Crippen molar-refractivity contribution in [3.63, 3.8) is 0 Å². The van der Waals surface area contributed by atoms with Gasteiger partial charge in [0, 0.05) is 35.0 Å². The van der Waals surface area contributed by atoms with Gasteiger partial charge in [-0.3, -0.25) is 0 Å². The molecule has 2 heterocycles. The number of hydrogen-bond acceptors (Lipinski definition) is 5. The maximum atomic E-state index is 4.77. The first-order valence-corrected chi connectivity index (χ1v) is 8.40. The summed E-state index contributed by atoms with van der Waals surface area (Å²) in [7, 11) is 1.98. The Kier molecular flexibility index (Phi) is 4.56. The Morgan fingerprint density at radius 3 is 2.94 bits per heavy atom. The van der Waals surface area contributed by atoms with Gasteiger partial charge in [0.25, 0.3) is 0 Å². The van der Waals surface area contributed by atoms with Crippen LogP contribution in [0.15, 0.2) is 5.38 Å². The Labute approximate surface area is 118 Å². The van der Waals surface area contributed by atoms with Gasteiger partial charge in [-0.15, -0.1) is 11.3 Å². The Morgan fingerprint density at radius 2 is 2.22 bits per heavy atom. The summed E-state index contributed by atoms with van der Waals surface area (Å²) < 4.78 is 0.410. The molecule has 0 aromatic carbocycles. The predicted octanol–water partition coefficient (Wildman–Crippen LogP) is 3.15. The molecular formula is C13H23N3S2. The van der Waals surface area contributed by atoms with E-state index >= 15 is 0 Å². The third kappa shape index (κ3) is 3.39. The molecule has 1 saturated heterocycles. The van der Waals surface area contributed by atoms with Gasteiger partial charge in [0.15, 0.2) is 5.13 Å². The predicted molar refractivity (Wildman–Crippen MR) is 83.0 cm³/mol. The first-order chi connectivity index (χ1) is 8.52. The summed E-state index contributed by atoms with van der Waals surface area (Å²) >= 11 is 3.85. The fourth-order valence-corrected chi connectivity index (χ4v) is 4.05. The molecule has 1 fully saturated rings. The van der Waals surface area contributed by atoms with Crippen molar-refractivity contribution in [2.24, 2.45) is 0 Å². The van der Waals surface area contributed by atoms with Crippen molar-refractivity contribution in [1.29, 1.82) is 0 Å². The molecule has 102 valence electrons. The summed E-state index contributed by atoms with van der Waals surface area (Å²) in [5, 5.41) is 6.61. The summed E-state index contributed by atoms with van der Waals surface area (Å²) in [6, 6.07) is 0.341. The van der Waals surface area contributed by atoms with Crippen LogP contribution in [0, 0.1) is 0 Å². The molecule has 0 saturated carbocycles.